The molecular weight excluding hydrogens is 204 g/mol. The minimum atomic E-state index is 0.0857. The maximum Gasteiger partial charge on any atom is 0.219 e. The highest BCUT2D eigenvalue weighted by atomic mass is 16.2. The quantitative estimate of drug-likeness (QED) is 0.656. The van der Waals surface area contributed by atoms with Crippen LogP contribution in [0.1, 0.15) is 52.9 Å². The molecule has 0 aromatic carbocycles. The van der Waals surface area contributed by atoms with Crippen molar-refractivity contribution in [2.75, 3.05) is 13.6 Å². The minimum absolute atomic E-state index is 0.0857. The average Bonchev–Trinajstić information content (AvgIpc) is 2.35. The van der Waals surface area contributed by atoms with Crippen LogP contribution in [0.4, 0.5) is 0 Å². The van der Waals surface area contributed by atoms with Gasteiger partial charge in [0.25, 0.3) is 0 Å². The van der Waals surface area contributed by atoms with Crippen molar-refractivity contribution in [1.82, 2.24) is 10.6 Å². The second-order valence-electron chi connectivity index (χ2n) is 3.19. The highest BCUT2D eigenvalue weighted by Gasteiger charge is 1.98. The minimum Gasteiger partial charge on any atom is -0.359 e. The molecule has 0 bridgehead atoms. The van der Waals surface area contributed by atoms with E-state index in [4.69, 9.17) is 0 Å². The maximum absolute atomic E-state index is 10.8. The van der Waals surface area contributed by atoms with Gasteiger partial charge >= 0.3 is 0 Å². The monoisotopic (exact) mass is 230 g/mol. The van der Waals surface area contributed by atoms with Gasteiger partial charge in [0.05, 0.1) is 0 Å². The molecule has 0 fully saturated rings. The summed E-state index contributed by atoms with van der Waals surface area (Å²) in [6, 6.07) is 0. The van der Waals surface area contributed by atoms with Crippen LogP contribution in [0.5, 0.6) is 0 Å². The number of carbonyl (C=O) groups is 2. The number of rotatable bonds is 7. The fraction of sp³-hybridized carbons (Fsp3) is 0.833. The molecule has 0 atom stereocenters. The Morgan fingerprint density at radius 3 is 2.12 bits per heavy atom. The zero-order valence-corrected chi connectivity index (χ0v) is 11.1. The van der Waals surface area contributed by atoms with Crippen molar-refractivity contribution >= 4 is 11.8 Å². The van der Waals surface area contributed by atoms with Crippen molar-refractivity contribution in [3.8, 4) is 0 Å². The molecule has 0 aliphatic heterocycles. The van der Waals surface area contributed by atoms with E-state index in [0.717, 1.165) is 25.8 Å². The first-order chi connectivity index (χ1) is 7.70. The van der Waals surface area contributed by atoms with Crippen LogP contribution in [-0.2, 0) is 9.59 Å². The number of carbonyl (C=O) groups excluding carboxylic acids is 2. The van der Waals surface area contributed by atoms with E-state index in [9.17, 15) is 9.59 Å². The lowest BCUT2D eigenvalue weighted by Crippen LogP contribution is -2.23. The Morgan fingerprint density at radius 2 is 1.62 bits per heavy atom. The van der Waals surface area contributed by atoms with E-state index in [1.165, 1.54) is 0 Å². The van der Waals surface area contributed by atoms with Gasteiger partial charge in [-0.05, 0) is 12.8 Å². The molecule has 0 rings (SSSR count). The topological polar surface area (TPSA) is 58.2 Å². The van der Waals surface area contributed by atoms with Gasteiger partial charge in [-0.25, -0.2) is 0 Å². The molecule has 96 valence electrons. The van der Waals surface area contributed by atoms with Crippen molar-refractivity contribution in [2.45, 2.75) is 52.9 Å². The van der Waals surface area contributed by atoms with E-state index in [1.807, 2.05) is 20.8 Å². The SMILES string of the molecule is CC.CCC(=O)NCCCCCC(=O)NC. The molecule has 0 spiro atoms. The molecule has 0 aliphatic carbocycles. The van der Waals surface area contributed by atoms with Gasteiger partial charge in [-0.15, -0.1) is 0 Å². The Labute approximate surface area is 99.2 Å². The number of unbranched alkanes of at least 4 members (excludes halogenated alkanes) is 2. The fourth-order valence-corrected chi connectivity index (χ4v) is 1.07. The molecule has 16 heavy (non-hydrogen) atoms. The summed E-state index contributed by atoms with van der Waals surface area (Å²) in [7, 11) is 1.64. The van der Waals surface area contributed by atoms with Crippen molar-refractivity contribution in [2.24, 2.45) is 0 Å². The Bertz CT molecular complexity index is 162. The fourth-order valence-electron chi connectivity index (χ4n) is 1.07. The molecule has 0 saturated carbocycles. The predicted molar refractivity (Wildman–Crippen MR) is 67.2 cm³/mol. The molecule has 4 nitrogen and oxygen atoms in total. The van der Waals surface area contributed by atoms with Crippen LogP contribution in [-0.4, -0.2) is 25.4 Å². The molecule has 2 N–H and O–H groups in total. The second-order valence-corrected chi connectivity index (χ2v) is 3.19. The van der Waals surface area contributed by atoms with Crippen LogP contribution in [0.2, 0.25) is 0 Å². The second kappa shape index (κ2) is 13.9. The van der Waals surface area contributed by atoms with Gasteiger partial charge in [-0.3, -0.25) is 9.59 Å². The summed E-state index contributed by atoms with van der Waals surface area (Å²) in [6.07, 6.45) is 3.94. The number of hydrogen-bond donors (Lipinski definition) is 2. The van der Waals surface area contributed by atoms with E-state index in [-0.39, 0.29) is 11.8 Å². The Balaban J connectivity index is 0. The Morgan fingerprint density at radius 1 is 1.00 bits per heavy atom. The highest BCUT2D eigenvalue weighted by molar-refractivity contribution is 5.75. The Kier molecular flexibility index (Phi) is 15.1. The number of hydrogen-bond acceptors (Lipinski definition) is 2. The summed E-state index contributed by atoms with van der Waals surface area (Å²) in [5, 5.41) is 5.37. The summed E-state index contributed by atoms with van der Waals surface area (Å²) in [4.78, 5) is 21.6. The molecule has 0 saturated heterocycles. The third-order valence-electron chi connectivity index (χ3n) is 2.00. The third kappa shape index (κ3) is 12.9. The lowest BCUT2D eigenvalue weighted by atomic mass is 10.2. The molecule has 0 aromatic rings. The first kappa shape index (κ1) is 17.3. The molecule has 0 heterocycles. The van der Waals surface area contributed by atoms with Gasteiger partial charge in [0.2, 0.25) is 11.8 Å². The summed E-state index contributed by atoms with van der Waals surface area (Å²) in [5.74, 6) is 0.180. The molecule has 0 unspecified atom stereocenters. The van der Waals surface area contributed by atoms with Crippen LogP contribution in [0.3, 0.4) is 0 Å². The number of amides is 2. The van der Waals surface area contributed by atoms with Crippen LogP contribution < -0.4 is 10.6 Å². The van der Waals surface area contributed by atoms with Gasteiger partial charge in [0.15, 0.2) is 0 Å². The first-order valence-corrected chi connectivity index (χ1v) is 6.18. The van der Waals surface area contributed by atoms with Crippen molar-refractivity contribution in [3.05, 3.63) is 0 Å². The highest BCUT2D eigenvalue weighted by Crippen LogP contribution is 1.98. The van der Waals surface area contributed by atoms with E-state index < -0.39 is 0 Å². The van der Waals surface area contributed by atoms with Gasteiger partial charge in [-0.2, -0.15) is 0 Å². The van der Waals surface area contributed by atoms with Gasteiger partial charge in [0.1, 0.15) is 0 Å². The van der Waals surface area contributed by atoms with Crippen molar-refractivity contribution in [3.63, 3.8) is 0 Å². The number of nitrogens with one attached hydrogen (secondary N) is 2. The molecule has 4 heteroatoms. The lowest BCUT2D eigenvalue weighted by Gasteiger charge is -2.03. The lowest BCUT2D eigenvalue weighted by molar-refractivity contribution is -0.121. The van der Waals surface area contributed by atoms with Crippen molar-refractivity contribution in [1.29, 1.82) is 0 Å². The summed E-state index contributed by atoms with van der Waals surface area (Å²) >= 11 is 0. The molecule has 2 amide bonds. The van der Waals surface area contributed by atoms with Crippen molar-refractivity contribution < 1.29 is 9.59 Å². The van der Waals surface area contributed by atoms with Crippen LogP contribution in [0.25, 0.3) is 0 Å². The van der Waals surface area contributed by atoms with E-state index in [2.05, 4.69) is 10.6 Å². The van der Waals surface area contributed by atoms with Crippen LogP contribution in [0, 0.1) is 0 Å². The van der Waals surface area contributed by atoms with Crippen LogP contribution >= 0.6 is 0 Å². The average molecular weight is 230 g/mol. The summed E-state index contributed by atoms with van der Waals surface area (Å²) in [5.41, 5.74) is 0. The zero-order valence-electron chi connectivity index (χ0n) is 11.1. The largest absolute Gasteiger partial charge is 0.359 e. The summed E-state index contributed by atoms with van der Waals surface area (Å²) < 4.78 is 0. The molecule has 0 radical (unpaired) electrons. The van der Waals surface area contributed by atoms with Gasteiger partial charge < -0.3 is 10.6 Å². The van der Waals surface area contributed by atoms with E-state index in [1.54, 1.807) is 7.05 Å². The maximum atomic E-state index is 10.8. The molecular formula is C12H26N2O2. The normalized spacial score (nSPS) is 8.75. The summed E-state index contributed by atoms with van der Waals surface area (Å²) in [6.45, 7) is 6.56. The molecule has 0 aromatic heterocycles. The smallest absolute Gasteiger partial charge is 0.219 e. The van der Waals surface area contributed by atoms with E-state index in [0.29, 0.717) is 12.8 Å². The Hall–Kier alpha value is -1.06. The zero-order chi connectivity index (χ0) is 12.8. The van der Waals surface area contributed by atoms with Gasteiger partial charge in [-0.1, -0.05) is 27.2 Å². The van der Waals surface area contributed by atoms with E-state index >= 15 is 0 Å². The first-order valence-electron chi connectivity index (χ1n) is 6.18. The van der Waals surface area contributed by atoms with Crippen LogP contribution in [0.15, 0.2) is 0 Å². The van der Waals surface area contributed by atoms with Gasteiger partial charge in [0, 0.05) is 26.4 Å². The third-order valence-corrected chi connectivity index (χ3v) is 2.00. The standard InChI is InChI=1S/C10H20N2O2.C2H6/c1-3-9(13)12-8-6-4-5-7-10(14)11-2;1-2/h3-8H2,1-2H3,(H,11,14)(H,12,13);1-2H3. The molecule has 0 aliphatic rings. The predicted octanol–water partition coefficient (Wildman–Crippen LogP) is 1.85.